The third-order valence-electron chi connectivity index (χ3n) is 24.1. The first-order chi connectivity index (χ1) is 58.5. The van der Waals surface area contributed by atoms with Gasteiger partial charge in [0.05, 0.1) is 62.7 Å². The minimum Gasteiger partial charge on any atom is -0.455 e. The zero-order valence-corrected chi connectivity index (χ0v) is 64.6. The van der Waals surface area contributed by atoms with Crippen LogP contribution in [0.4, 0.5) is 51.2 Å². The molecule has 8 nitrogen and oxygen atoms in total. The van der Waals surface area contributed by atoms with Gasteiger partial charge in [0.1, 0.15) is 16.7 Å². The number of fused-ring (bicyclic) bond motifs is 18. The van der Waals surface area contributed by atoms with E-state index in [0.29, 0.717) is 18.7 Å². The van der Waals surface area contributed by atoms with Gasteiger partial charge in [0.25, 0.3) is 0 Å². The first-order valence-corrected chi connectivity index (χ1v) is 40.5. The average molecular weight is 1510 g/mol. The van der Waals surface area contributed by atoms with Crippen LogP contribution in [0.25, 0.3) is 127 Å². The summed E-state index contributed by atoms with van der Waals surface area (Å²) in [6.45, 7) is 3.30. The van der Waals surface area contributed by atoms with Gasteiger partial charge in [-0.3, -0.25) is 0 Å². The second-order valence-electron chi connectivity index (χ2n) is 31.0. The number of benzene rings is 17. The molecule has 8 heteroatoms. The number of furan rings is 2. The minimum atomic E-state index is -0.243. The summed E-state index contributed by atoms with van der Waals surface area (Å²) < 4.78 is 16.4. The minimum absolute atomic E-state index is 0.243. The normalized spacial score (nSPS) is 14.6. The van der Waals surface area contributed by atoms with Crippen LogP contribution < -0.4 is 30.0 Å². The number of allylic oxidation sites excluding steroid dienone is 4. The van der Waals surface area contributed by atoms with Gasteiger partial charge in [0.2, 0.25) is 0 Å². The molecule has 5 heterocycles. The van der Waals surface area contributed by atoms with Crippen LogP contribution in [0, 0.1) is 6.92 Å². The van der Waals surface area contributed by atoms with Crippen molar-refractivity contribution in [3.05, 3.63) is 432 Å². The molecule has 0 radical (unpaired) electrons. The first kappa shape index (κ1) is 68.2. The van der Waals surface area contributed by atoms with E-state index in [4.69, 9.17) is 18.8 Å². The standard InChI is InChI=1S/C110H74N6O2/c1-70-57-58-76-69-115(95-55-25-24-49-87(95)90(76)64-70)98-68-92-101(102-88-52-29-53-89(108(88)118-109(98)102)105(73-35-10-3-11-36-73)112-78-41-14-5-15-42-78)103-93(106(113-61-26-7-27-62-113)107(92)116(79-43-16-6-17-44-79)96-66-74-37-19-21-46-81(74)83-47-22-23-48-86(83)96)67-97(114-63-31-54-85-84(51-30-56-94(85)114)82-50-28-38-71-32-18-20-45-80(71)82)100-91-65-75(59-60-99(91)117-110(100)103)104(72-33-8-2-9-34-72)111-77-39-12-4-13-40-77/h2-61,64-69,95H,62-63H2,1H3/b111-104+,112-105+. The Morgan fingerprint density at radius 2 is 1.06 bits per heavy atom. The van der Waals surface area contributed by atoms with Crippen LogP contribution in [0.15, 0.2) is 407 Å². The highest BCUT2D eigenvalue weighted by Crippen LogP contribution is 2.60. The van der Waals surface area contributed by atoms with Gasteiger partial charge in [0.15, 0.2) is 5.58 Å². The number of aryl methyl sites for hydroxylation is 1. The Bertz CT molecular complexity index is 7760. The molecule has 0 N–H and O–H groups in total. The zero-order chi connectivity index (χ0) is 77.9. The third-order valence-corrected chi connectivity index (χ3v) is 24.1. The molecule has 17 aromatic carbocycles. The third kappa shape index (κ3) is 11.2. The molecule has 118 heavy (non-hydrogen) atoms. The van der Waals surface area contributed by atoms with Crippen molar-refractivity contribution >= 4 is 178 Å². The van der Waals surface area contributed by atoms with Gasteiger partial charge in [-0.2, -0.15) is 0 Å². The van der Waals surface area contributed by atoms with Crippen molar-refractivity contribution in [3.63, 3.8) is 0 Å². The van der Waals surface area contributed by atoms with E-state index >= 15 is 0 Å². The Morgan fingerprint density at radius 1 is 0.407 bits per heavy atom. The van der Waals surface area contributed by atoms with Crippen LogP contribution in [-0.4, -0.2) is 30.6 Å². The van der Waals surface area contributed by atoms with Crippen LogP contribution in [0.2, 0.25) is 0 Å². The van der Waals surface area contributed by atoms with E-state index in [2.05, 4.69) is 415 Å². The quantitative estimate of drug-likeness (QED) is 0.0847. The number of anilines is 7. The van der Waals surface area contributed by atoms with Crippen molar-refractivity contribution in [2.75, 3.05) is 32.7 Å². The fraction of sp³-hybridized carbons (Fsp3) is 0.0364. The predicted molar refractivity (Wildman–Crippen MR) is 496 cm³/mol. The lowest BCUT2D eigenvalue weighted by molar-refractivity contribution is 0.667. The molecule has 0 spiro atoms. The summed E-state index contributed by atoms with van der Waals surface area (Å²) in [6, 6.07) is 120. The zero-order valence-electron chi connectivity index (χ0n) is 64.6. The molecular formula is C110H74N6O2. The molecular weight excluding hydrogens is 1440 g/mol. The molecule has 0 amide bonds. The van der Waals surface area contributed by atoms with Gasteiger partial charge in [-0.15, -0.1) is 0 Å². The lowest BCUT2D eigenvalue weighted by Crippen LogP contribution is -2.44. The number of hydrogen-bond acceptors (Lipinski definition) is 8. The Kier molecular flexibility index (Phi) is 16.2. The monoisotopic (exact) mass is 1510 g/mol. The molecule has 1 unspecified atom stereocenters. The Balaban J connectivity index is 0.949. The van der Waals surface area contributed by atoms with Crippen LogP contribution in [0.5, 0.6) is 0 Å². The molecule has 3 aliphatic heterocycles. The molecule has 0 bridgehead atoms. The fourth-order valence-corrected chi connectivity index (χ4v) is 18.9. The predicted octanol–water partition coefficient (Wildman–Crippen LogP) is 27.0. The second-order valence-corrected chi connectivity index (χ2v) is 31.0. The highest BCUT2D eigenvalue weighted by atomic mass is 16.3. The van der Waals surface area contributed by atoms with Gasteiger partial charge < -0.3 is 28.4 Å². The summed E-state index contributed by atoms with van der Waals surface area (Å²) in [5, 5.41) is 16.9. The molecule has 2 aromatic heterocycles. The van der Waals surface area contributed by atoms with Gasteiger partial charge in [-0.25, -0.2) is 9.98 Å². The van der Waals surface area contributed by atoms with E-state index < -0.39 is 0 Å². The molecule has 1 aliphatic carbocycles. The Hall–Kier alpha value is -15.4. The van der Waals surface area contributed by atoms with E-state index in [1.54, 1.807) is 0 Å². The van der Waals surface area contributed by atoms with E-state index in [1.807, 2.05) is 12.1 Å². The Labute approximate surface area is 681 Å². The summed E-state index contributed by atoms with van der Waals surface area (Å²) in [5.74, 6) is 0. The highest BCUT2D eigenvalue weighted by Gasteiger charge is 2.37. The summed E-state index contributed by atoms with van der Waals surface area (Å²) in [5.41, 5.74) is 22.8. The SMILES string of the molecule is Cc1ccc2c(c1)=C1C=CC=CC1N(c1cc3c(N(c4ccccc4)c4cc5ccccc5c5ccccc45)c(N4C=CC=CC4)c4cc(N5CC=Cc6c(-c7cccc8ccccc78)cccc65)c5c6cc(/C(=N/c7ccccc7)c7ccccc7)ccc6oc5c4c3c3c1oc1c(/C(=N/c4ccccc4)c4ccccc4)cccc13)C=2. The lowest BCUT2D eigenvalue weighted by atomic mass is 9.88. The van der Waals surface area contributed by atoms with Gasteiger partial charge in [-0.1, -0.05) is 303 Å². The van der Waals surface area contributed by atoms with Gasteiger partial charge in [-0.05, 0) is 152 Å². The van der Waals surface area contributed by atoms with Crippen molar-refractivity contribution in [3.8, 4) is 11.1 Å². The summed E-state index contributed by atoms with van der Waals surface area (Å²) in [4.78, 5) is 21.3. The summed E-state index contributed by atoms with van der Waals surface area (Å²) in [7, 11) is 0. The fourth-order valence-electron chi connectivity index (χ4n) is 18.9. The number of nitrogens with zero attached hydrogens (tertiary/aromatic N) is 6. The molecule has 4 aliphatic rings. The van der Waals surface area contributed by atoms with Crippen molar-refractivity contribution in [2.45, 2.75) is 13.0 Å². The summed E-state index contributed by atoms with van der Waals surface area (Å²) in [6.07, 6.45) is 25.0. The molecule has 23 rings (SSSR count). The maximum absolute atomic E-state index is 8.21. The van der Waals surface area contributed by atoms with Crippen LogP contribution >= 0.6 is 0 Å². The topological polar surface area (TPSA) is 64.0 Å². The smallest absolute Gasteiger partial charge is 0.159 e. The lowest BCUT2D eigenvalue weighted by Gasteiger charge is -2.37. The van der Waals surface area contributed by atoms with Crippen molar-refractivity contribution in [1.29, 1.82) is 0 Å². The molecule has 19 aromatic rings. The van der Waals surface area contributed by atoms with Crippen molar-refractivity contribution < 1.29 is 8.83 Å². The van der Waals surface area contributed by atoms with E-state index in [-0.39, 0.29) is 6.04 Å². The largest absolute Gasteiger partial charge is 0.455 e. The number of para-hydroxylation sites is 4. The second kappa shape index (κ2) is 28.0. The maximum Gasteiger partial charge on any atom is 0.159 e. The maximum atomic E-state index is 8.21. The van der Waals surface area contributed by atoms with Crippen molar-refractivity contribution in [1.82, 2.24) is 0 Å². The molecule has 556 valence electrons. The Morgan fingerprint density at radius 3 is 1.84 bits per heavy atom. The number of rotatable bonds is 13. The van der Waals surface area contributed by atoms with Crippen molar-refractivity contribution in [2.24, 2.45) is 9.98 Å². The molecule has 0 saturated heterocycles. The first-order valence-electron chi connectivity index (χ1n) is 40.5. The van der Waals surface area contributed by atoms with Crippen LogP contribution in [-0.2, 0) is 0 Å². The van der Waals surface area contributed by atoms with E-state index in [9.17, 15) is 0 Å². The summed E-state index contributed by atoms with van der Waals surface area (Å²) >= 11 is 0. The van der Waals surface area contributed by atoms with Gasteiger partial charge in [0, 0.05) is 108 Å². The number of aliphatic imine (C=N–C) groups is 2. The molecule has 1 atom stereocenters. The number of hydrogen-bond donors (Lipinski definition) is 0. The van der Waals surface area contributed by atoms with Crippen LogP contribution in [0.1, 0.15) is 33.4 Å². The highest BCUT2D eigenvalue weighted by molar-refractivity contribution is 6.41. The van der Waals surface area contributed by atoms with E-state index in [0.717, 1.165) is 177 Å². The van der Waals surface area contributed by atoms with Crippen LogP contribution in [0.3, 0.4) is 0 Å². The van der Waals surface area contributed by atoms with E-state index in [1.165, 1.54) is 38.1 Å². The molecule has 0 saturated carbocycles. The molecule has 0 fully saturated rings. The van der Waals surface area contributed by atoms with Gasteiger partial charge >= 0.3 is 0 Å². The average Bonchev–Trinajstić information content (AvgIpc) is 1.40.